The molecule has 1 heterocycles. The van der Waals surface area contributed by atoms with Crippen LogP contribution in [0.3, 0.4) is 0 Å². The molecule has 0 saturated carbocycles. The van der Waals surface area contributed by atoms with Crippen LogP contribution in [0.25, 0.3) is 0 Å². The summed E-state index contributed by atoms with van der Waals surface area (Å²) >= 11 is 1.34. The highest BCUT2D eigenvalue weighted by Gasteiger charge is 2.24. The highest BCUT2D eigenvalue weighted by atomic mass is 32.2. The maximum atomic E-state index is 12.0. The summed E-state index contributed by atoms with van der Waals surface area (Å²) in [5.41, 5.74) is 2.45. The maximum Gasteiger partial charge on any atom is 0.286 e. The molecule has 4 nitrogen and oxygen atoms in total. The second kappa shape index (κ2) is 4.78. The Morgan fingerprint density at radius 1 is 1.50 bits per heavy atom. The quantitative estimate of drug-likeness (QED) is 0.847. The standard InChI is InChI=1S/C12H14N2O2S2/c1-8(2)7-17-12-13-10-5-4-9(3)6-11(10)18(15,16)14-12/h4-6H,1,7H2,2-3H3,(H,13,14). The molecule has 0 fully saturated rings. The Morgan fingerprint density at radius 2 is 2.22 bits per heavy atom. The van der Waals surface area contributed by atoms with Crippen LogP contribution in [0, 0.1) is 6.92 Å². The summed E-state index contributed by atoms with van der Waals surface area (Å²) in [4.78, 5) is 0.238. The Kier molecular flexibility index (Phi) is 3.49. The van der Waals surface area contributed by atoms with E-state index < -0.39 is 10.0 Å². The van der Waals surface area contributed by atoms with E-state index in [1.807, 2.05) is 19.9 Å². The smallest absolute Gasteiger partial charge is 0.286 e. The lowest BCUT2D eigenvalue weighted by Crippen LogP contribution is -2.19. The fourth-order valence-corrected chi connectivity index (χ4v) is 3.66. The summed E-state index contributed by atoms with van der Waals surface area (Å²) in [5.74, 6) is 0.641. The number of nitrogens with zero attached hydrogens (tertiary/aromatic N) is 1. The molecule has 0 spiro atoms. The SMILES string of the molecule is C=C(C)CSC1=NS(=O)(=O)c2cc(C)ccc2N1. The first kappa shape index (κ1) is 13.2. The molecule has 18 heavy (non-hydrogen) atoms. The van der Waals surface area contributed by atoms with Crippen molar-refractivity contribution in [3.63, 3.8) is 0 Å². The van der Waals surface area contributed by atoms with E-state index in [9.17, 15) is 8.42 Å². The molecule has 0 aromatic heterocycles. The lowest BCUT2D eigenvalue weighted by molar-refractivity contribution is 0.598. The van der Waals surface area contributed by atoms with E-state index in [0.29, 0.717) is 16.6 Å². The van der Waals surface area contributed by atoms with Gasteiger partial charge in [0, 0.05) is 5.75 Å². The van der Waals surface area contributed by atoms with E-state index in [2.05, 4.69) is 16.3 Å². The number of nitrogens with one attached hydrogen (secondary N) is 1. The second-order valence-electron chi connectivity index (χ2n) is 4.24. The number of thioether (sulfide) groups is 1. The molecule has 0 atom stereocenters. The Bertz CT molecular complexity index is 633. The number of amidine groups is 1. The van der Waals surface area contributed by atoms with Crippen LogP contribution in [0.4, 0.5) is 5.69 Å². The van der Waals surface area contributed by atoms with Crippen LogP contribution in [-0.4, -0.2) is 19.3 Å². The first-order chi connectivity index (χ1) is 8.38. The van der Waals surface area contributed by atoms with Gasteiger partial charge in [0.15, 0.2) is 5.17 Å². The summed E-state index contributed by atoms with van der Waals surface area (Å²) in [7, 11) is -3.59. The molecular weight excluding hydrogens is 268 g/mol. The fraction of sp³-hybridized carbons (Fsp3) is 0.250. The van der Waals surface area contributed by atoms with Gasteiger partial charge in [-0.25, -0.2) is 0 Å². The zero-order valence-electron chi connectivity index (χ0n) is 10.2. The molecule has 1 aromatic rings. The number of fused-ring (bicyclic) bond motifs is 1. The molecule has 6 heteroatoms. The van der Waals surface area contributed by atoms with Crippen LogP contribution in [0.15, 0.2) is 39.6 Å². The number of sulfonamides is 1. The first-order valence-electron chi connectivity index (χ1n) is 5.38. The van der Waals surface area contributed by atoms with Gasteiger partial charge in [-0.1, -0.05) is 30.0 Å². The molecule has 1 N–H and O–H groups in total. The number of rotatable bonds is 2. The lowest BCUT2D eigenvalue weighted by atomic mass is 10.2. The van der Waals surface area contributed by atoms with Gasteiger partial charge >= 0.3 is 0 Å². The molecular formula is C12H14N2O2S2. The molecule has 1 aliphatic heterocycles. The first-order valence-corrected chi connectivity index (χ1v) is 7.81. The number of aryl methyl sites for hydroxylation is 1. The summed E-state index contributed by atoms with van der Waals surface area (Å²) in [6.07, 6.45) is 0. The van der Waals surface area contributed by atoms with Crippen molar-refractivity contribution in [1.82, 2.24) is 0 Å². The minimum atomic E-state index is -3.59. The summed E-state index contributed by atoms with van der Waals surface area (Å²) in [6, 6.07) is 5.26. The van der Waals surface area contributed by atoms with Crippen molar-refractivity contribution in [3.05, 3.63) is 35.9 Å². The van der Waals surface area contributed by atoms with Crippen LogP contribution in [0.1, 0.15) is 12.5 Å². The van der Waals surface area contributed by atoms with Crippen molar-refractivity contribution in [3.8, 4) is 0 Å². The Morgan fingerprint density at radius 3 is 2.89 bits per heavy atom. The molecule has 0 aliphatic carbocycles. The van der Waals surface area contributed by atoms with E-state index in [0.717, 1.165) is 11.1 Å². The van der Waals surface area contributed by atoms with Crippen LogP contribution in [-0.2, 0) is 10.0 Å². The van der Waals surface area contributed by atoms with Crippen molar-refractivity contribution in [2.45, 2.75) is 18.7 Å². The average molecular weight is 282 g/mol. The third-order valence-corrected chi connectivity index (χ3v) is 4.85. The van der Waals surface area contributed by atoms with Gasteiger partial charge in [-0.2, -0.15) is 8.42 Å². The van der Waals surface area contributed by atoms with Crippen molar-refractivity contribution in [2.75, 3.05) is 11.1 Å². The van der Waals surface area contributed by atoms with Gasteiger partial charge in [-0.15, -0.1) is 4.40 Å². The monoisotopic (exact) mass is 282 g/mol. The highest BCUT2D eigenvalue weighted by Crippen LogP contribution is 2.30. The highest BCUT2D eigenvalue weighted by molar-refractivity contribution is 8.15. The molecule has 96 valence electrons. The van der Waals surface area contributed by atoms with Gasteiger partial charge in [0.25, 0.3) is 10.0 Å². The molecule has 0 saturated heterocycles. The minimum Gasteiger partial charge on any atom is -0.333 e. The summed E-state index contributed by atoms with van der Waals surface area (Å²) in [5, 5.41) is 3.43. The topological polar surface area (TPSA) is 58.5 Å². The molecule has 1 aromatic carbocycles. The normalized spacial score (nSPS) is 16.4. The lowest BCUT2D eigenvalue weighted by Gasteiger charge is -2.18. The van der Waals surface area contributed by atoms with Gasteiger partial charge in [0.1, 0.15) is 4.90 Å². The molecule has 1 aliphatic rings. The number of hydrogen-bond donors (Lipinski definition) is 1. The van der Waals surface area contributed by atoms with Crippen LogP contribution < -0.4 is 5.32 Å². The maximum absolute atomic E-state index is 12.0. The number of hydrogen-bond acceptors (Lipinski definition) is 4. The van der Waals surface area contributed by atoms with Crippen molar-refractivity contribution in [2.24, 2.45) is 4.40 Å². The Balaban J connectivity index is 2.36. The predicted octanol–water partition coefficient (Wildman–Crippen LogP) is 2.77. The van der Waals surface area contributed by atoms with Crippen molar-refractivity contribution < 1.29 is 8.42 Å². The largest absolute Gasteiger partial charge is 0.333 e. The van der Waals surface area contributed by atoms with E-state index in [1.54, 1.807) is 12.1 Å². The number of benzene rings is 1. The third-order valence-electron chi connectivity index (χ3n) is 2.32. The minimum absolute atomic E-state index is 0.238. The molecule has 2 rings (SSSR count). The Hall–Kier alpha value is -1.27. The second-order valence-corrected chi connectivity index (χ2v) is 6.78. The fourth-order valence-electron chi connectivity index (χ4n) is 1.50. The molecule has 0 bridgehead atoms. The van der Waals surface area contributed by atoms with Gasteiger partial charge < -0.3 is 5.32 Å². The summed E-state index contributed by atoms with van der Waals surface area (Å²) < 4.78 is 27.8. The molecule has 0 unspecified atom stereocenters. The van der Waals surface area contributed by atoms with Crippen molar-refractivity contribution >= 4 is 32.6 Å². The Labute approximate surface area is 111 Å². The number of anilines is 1. The van der Waals surface area contributed by atoms with Gasteiger partial charge in [0.05, 0.1) is 5.69 Å². The summed E-state index contributed by atoms with van der Waals surface area (Å²) in [6.45, 7) is 7.52. The van der Waals surface area contributed by atoms with Crippen LogP contribution in [0.2, 0.25) is 0 Å². The molecule has 0 amide bonds. The van der Waals surface area contributed by atoms with E-state index in [1.165, 1.54) is 11.8 Å². The van der Waals surface area contributed by atoms with Crippen molar-refractivity contribution in [1.29, 1.82) is 0 Å². The van der Waals surface area contributed by atoms with E-state index in [4.69, 9.17) is 0 Å². The van der Waals surface area contributed by atoms with E-state index in [-0.39, 0.29) is 4.90 Å². The predicted molar refractivity (Wildman–Crippen MR) is 76.7 cm³/mol. The van der Waals surface area contributed by atoms with E-state index >= 15 is 0 Å². The van der Waals surface area contributed by atoms with Gasteiger partial charge in [-0.05, 0) is 31.5 Å². The van der Waals surface area contributed by atoms with Crippen LogP contribution in [0.5, 0.6) is 0 Å². The zero-order chi connectivity index (χ0) is 13.3. The van der Waals surface area contributed by atoms with Gasteiger partial charge in [-0.3, -0.25) is 0 Å². The van der Waals surface area contributed by atoms with Gasteiger partial charge in [0.2, 0.25) is 0 Å². The van der Waals surface area contributed by atoms with Crippen LogP contribution >= 0.6 is 11.8 Å². The third kappa shape index (κ3) is 2.76. The average Bonchev–Trinajstić information content (AvgIpc) is 2.27. The molecule has 0 radical (unpaired) electrons. The zero-order valence-corrected chi connectivity index (χ0v) is 11.9.